The van der Waals surface area contributed by atoms with Gasteiger partial charge in [0.1, 0.15) is 12.4 Å². The lowest BCUT2D eigenvalue weighted by molar-refractivity contribution is -0.124. The van der Waals surface area contributed by atoms with Crippen LogP contribution in [0.2, 0.25) is 0 Å². The van der Waals surface area contributed by atoms with E-state index in [1.807, 2.05) is 18.3 Å². The lowest BCUT2D eigenvalue weighted by atomic mass is 10.00. The topological polar surface area (TPSA) is 54.5 Å². The first kappa shape index (κ1) is 15.5. The number of benzene rings is 1. The summed E-state index contributed by atoms with van der Waals surface area (Å²) < 4.78 is 4.78. The van der Waals surface area contributed by atoms with Crippen LogP contribution in [0.5, 0.6) is 0 Å². The number of fused-ring (bicyclic) bond motifs is 1. The highest BCUT2D eigenvalue weighted by Crippen LogP contribution is 2.22. The number of carbonyl (C=O) groups is 1. The second-order valence-electron chi connectivity index (χ2n) is 5.67. The second kappa shape index (κ2) is 7.24. The Morgan fingerprint density at radius 1 is 1.26 bits per heavy atom. The van der Waals surface area contributed by atoms with Crippen molar-refractivity contribution in [2.24, 2.45) is 0 Å². The Hall–Kier alpha value is -2.40. The normalized spacial score (nSPS) is 13.5. The number of hydrogen-bond acceptors (Lipinski definition) is 4. The van der Waals surface area contributed by atoms with E-state index in [-0.39, 0.29) is 12.5 Å². The van der Waals surface area contributed by atoms with E-state index < -0.39 is 0 Å². The SMILES string of the molecule is COCC(=O)NCc1ccc(N2CCc3ccccc3C2)nc1. The number of carbonyl (C=O) groups excluding carboxylic acids is 1. The van der Waals surface area contributed by atoms with E-state index in [1.165, 1.54) is 18.2 Å². The summed E-state index contributed by atoms with van der Waals surface area (Å²) >= 11 is 0. The molecule has 0 saturated carbocycles. The number of hydrogen-bond donors (Lipinski definition) is 1. The van der Waals surface area contributed by atoms with Gasteiger partial charge >= 0.3 is 0 Å². The molecule has 0 atom stereocenters. The van der Waals surface area contributed by atoms with Crippen molar-refractivity contribution in [2.75, 3.05) is 25.2 Å². The Balaban J connectivity index is 1.61. The summed E-state index contributed by atoms with van der Waals surface area (Å²) in [6.07, 6.45) is 2.87. The molecule has 1 amide bonds. The van der Waals surface area contributed by atoms with Crippen LogP contribution < -0.4 is 10.2 Å². The fourth-order valence-electron chi connectivity index (χ4n) is 2.78. The highest BCUT2D eigenvalue weighted by Gasteiger charge is 2.16. The smallest absolute Gasteiger partial charge is 0.246 e. The summed E-state index contributed by atoms with van der Waals surface area (Å²) in [6.45, 7) is 2.43. The number of methoxy groups -OCH3 is 1. The number of nitrogens with zero attached hydrogens (tertiary/aromatic N) is 2. The molecule has 2 aromatic rings. The molecular formula is C18H21N3O2. The molecule has 0 fully saturated rings. The van der Waals surface area contributed by atoms with E-state index in [1.54, 1.807) is 0 Å². The second-order valence-corrected chi connectivity index (χ2v) is 5.67. The van der Waals surface area contributed by atoms with Gasteiger partial charge in [-0.3, -0.25) is 4.79 Å². The van der Waals surface area contributed by atoms with Gasteiger partial charge in [0.05, 0.1) is 0 Å². The zero-order chi connectivity index (χ0) is 16.1. The standard InChI is InChI=1S/C18H21N3O2/c1-23-13-18(22)20-11-14-6-7-17(19-10-14)21-9-8-15-4-2-3-5-16(15)12-21/h2-7,10H,8-9,11-13H2,1H3,(H,20,22). The molecule has 1 aliphatic rings. The third-order valence-electron chi connectivity index (χ3n) is 4.03. The molecule has 1 aromatic carbocycles. The molecule has 3 rings (SSSR count). The van der Waals surface area contributed by atoms with Crippen LogP contribution in [0.3, 0.4) is 0 Å². The van der Waals surface area contributed by atoms with Gasteiger partial charge in [-0.2, -0.15) is 0 Å². The van der Waals surface area contributed by atoms with E-state index in [0.717, 1.165) is 30.9 Å². The van der Waals surface area contributed by atoms with Gasteiger partial charge in [-0.05, 0) is 29.2 Å². The van der Waals surface area contributed by atoms with Crippen molar-refractivity contribution in [1.82, 2.24) is 10.3 Å². The maximum atomic E-state index is 11.4. The third-order valence-corrected chi connectivity index (χ3v) is 4.03. The quantitative estimate of drug-likeness (QED) is 0.916. The van der Waals surface area contributed by atoms with Crippen molar-refractivity contribution in [3.8, 4) is 0 Å². The molecule has 0 saturated heterocycles. The van der Waals surface area contributed by atoms with Gasteiger partial charge in [-0.25, -0.2) is 4.98 Å². The fourth-order valence-corrected chi connectivity index (χ4v) is 2.78. The summed E-state index contributed by atoms with van der Waals surface area (Å²) in [4.78, 5) is 18.2. The average molecular weight is 311 g/mol. The zero-order valence-corrected chi connectivity index (χ0v) is 13.3. The van der Waals surface area contributed by atoms with Crippen molar-refractivity contribution in [3.63, 3.8) is 0 Å². The maximum Gasteiger partial charge on any atom is 0.246 e. The minimum absolute atomic E-state index is 0.0820. The Morgan fingerprint density at radius 3 is 2.83 bits per heavy atom. The Labute approximate surface area is 136 Å². The van der Waals surface area contributed by atoms with E-state index in [4.69, 9.17) is 4.74 Å². The molecule has 0 aliphatic carbocycles. The Kier molecular flexibility index (Phi) is 4.88. The lowest BCUT2D eigenvalue weighted by Gasteiger charge is -2.29. The summed E-state index contributed by atoms with van der Waals surface area (Å²) in [5, 5.41) is 2.79. The molecule has 0 spiro atoms. The van der Waals surface area contributed by atoms with Gasteiger partial charge in [-0.1, -0.05) is 30.3 Å². The molecule has 23 heavy (non-hydrogen) atoms. The predicted octanol–water partition coefficient (Wildman–Crippen LogP) is 1.91. The van der Waals surface area contributed by atoms with Gasteiger partial charge in [0.15, 0.2) is 0 Å². The van der Waals surface area contributed by atoms with Crippen molar-refractivity contribution in [2.45, 2.75) is 19.5 Å². The first-order chi connectivity index (χ1) is 11.3. The molecule has 5 heteroatoms. The highest BCUT2D eigenvalue weighted by atomic mass is 16.5. The number of aromatic nitrogens is 1. The van der Waals surface area contributed by atoms with E-state index in [9.17, 15) is 4.79 Å². The van der Waals surface area contributed by atoms with Gasteiger partial charge < -0.3 is 15.0 Å². The van der Waals surface area contributed by atoms with E-state index in [2.05, 4.69) is 39.5 Å². The van der Waals surface area contributed by atoms with Crippen molar-refractivity contribution in [1.29, 1.82) is 0 Å². The maximum absolute atomic E-state index is 11.4. The minimum Gasteiger partial charge on any atom is -0.375 e. The molecule has 1 aliphatic heterocycles. The molecule has 5 nitrogen and oxygen atoms in total. The fraction of sp³-hybridized carbons (Fsp3) is 0.333. The monoisotopic (exact) mass is 311 g/mol. The number of rotatable bonds is 5. The van der Waals surface area contributed by atoms with Gasteiger partial charge in [-0.15, -0.1) is 0 Å². The minimum atomic E-state index is -0.121. The van der Waals surface area contributed by atoms with Crippen LogP contribution >= 0.6 is 0 Å². The van der Waals surface area contributed by atoms with Crippen molar-refractivity contribution in [3.05, 3.63) is 59.3 Å². The summed E-state index contributed by atoms with van der Waals surface area (Å²) in [6, 6.07) is 12.6. The molecule has 0 unspecified atom stereocenters. The van der Waals surface area contributed by atoms with Crippen LogP contribution in [0.1, 0.15) is 16.7 Å². The first-order valence-corrected chi connectivity index (χ1v) is 7.78. The Morgan fingerprint density at radius 2 is 2.09 bits per heavy atom. The van der Waals surface area contributed by atoms with Crippen molar-refractivity contribution >= 4 is 11.7 Å². The third kappa shape index (κ3) is 3.87. The number of ether oxygens (including phenoxy) is 1. The van der Waals surface area contributed by atoms with Crippen LogP contribution in [-0.4, -0.2) is 31.2 Å². The van der Waals surface area contributed by atoms with Crippen LogP contribution in [0.4, 0.5) is 5.82 Å². The highest BCUT2D eigenvalue weighted by molar-refractivity contribution is 5.77. The van der Waals surface area contributed by atoms with Crippen LogP contribution in [0, 0.1) is 0 Å². The lowest BCUT2D eigenvalue weighted by Crippen LogP contribution is -2.31. The van der Waals surface area contributed by atoms with Crippen molar-refractivity contribution < 1.29 is 9.53 Å². The number of amides is 1. The predicted molar refractivity (Wildman–Crippen MR) is 89.2 cm³/mol. The van der Waals surface area contributed by atoms with E-state index in [0.29, 0.717) is 6.54 Å². The number of pyridine rings is 1. The molecule has 0 bridgehead atoms. The summed E-state index contributed by atoms with van der Waals surface area (Å²) in [5.41, 5.74) is 3.79. The summed E-state index contributed by atoms with van der Waals surface area (Å²) in [7, 11) is 1.51. The number of anilines is 1. The van der Waals surface area contributed by atoms with E-state index >= 15 is 0 Å². The van der Waals surface area contributed by atoms with Crippen LogP contribution in [0.15, 0.2) is 42.6 Å². The Bertz CT molecular complexity index is 670. The van der Waals surface area contributed by atoms with Gasteiger partial charge in [0, 0.05) is 32.9 Å². The first-order valence-electron chi connectivity index (χ1n) is 7.78. The molecule has 0 radical (unpaired) electrons. The summed E-state index contributed by atoms with van der Waals surface area (Å²) in [5.74, 6) is 0.857. The molecule has 1 N–H and O–H groups in total. The van der Waals surface area contributed by atoms with Gasteiger partial charge in [0.2, 0.25) is 5.91 Å². The van der Waals surface area contributed by atoms with Crippen LogP contribution in [0.25, 0.3) is 0 Å². The number of nitrogens with one attached hydrogen (secondary N) is 1. The molecule has 1 aromatic heterocycles. The molecule has 120 valence electrons. The average Bonchev–Trinajstić information content (AvgIpc) is 2.60. The largest absolute Gasteiger partial charge is 0.375 e. The van der Waals surface area contributed by atoms with Crippen LogP contribution in [-0.2, 0) is 29.0 Å². The molecule has 2 heterocycles. The van der Waals surface area contributed by atoms with Gasteiger partial charge in [0.25, 0.3) is 0 Å². The zero-order valence-electron chi connectivity index (χ0n) is 13.3. The molecular weight excluding hydrogens is 290 g/mol.